The molecule has 0 spiro atoms. The lowest BCUT2D eigenvalue weighted by Crippen LogP contribution is -2.32. The Morgan fingerprint density at radius 2 is 2.07 bits per heavy atom. The maximum absolute atomic E-state index is 12.2. The number of halogens is 1. The first-order valence-electron chi connectivity index (χ1n) is 8.58. The molecule has 1 aromatic rings. The first kappa shape index (κ1) is 20.8. The predicted molar refractivity (Wildman–Crippen MR) is 97.9 cm³/mol. The second-order valence-electron chi connectivity index (χ2n) is 6.74. The maximum Gasteiger partial charge on any atom is 0.307 e. The molecule has 8 nitrogen and oxygen atoms in total. The Balaban J connectivity index is 1.93. The zero-order chi connectivity index (χ0) is 20.1. The molecule has 1 saturated carbocycles. The number of ketones is 1. The molecule has 0 radical (unpaired) electrons. The van der Waals surface area contributed by atoms with Crippen LogP contribution in [0.1, 0.15) is 26.7 Å². The topological polar surface area (TPSA) is 116 Å². The van der Waals surface area contributed by atoms with E-state index in [1.165, 1.54) is 6.92 Å². The number of ether oxygens (including phenoxy) is 1. The van der Waals surface area contributed by atoms with Gasteiger partial charge < -0.3 is 10.1 Å². The Labute approximate surface area is 161 Å². The van der Waals surface area contributed by atoms with E-state index in [1.54, 1.807) is 31.2 Å². The summed E-state index contributed by atoms with van der Waals surface area (Å²) in [6, 6.07) is 6.62. The fourth-order valence-electron chi connectivity index (χ4n) is 3.28. The molecule has 0 unspecified atom stereocenters. The van der Waals surface area contributed by atoms with Gasteiger partial charge in [-0.05, 0) is 25.0 Å². The Morgan fingerprint density at radius 3 is 2.70 bits per heavy atom. The third kappa shape index (κ3) is 5.50. The van der Waals surface area contributed by atoms with Gasteiger partial charge in [0.2, 0.25) is 6.54 Å². The predicted octanol–water partition coefficient (Wildman–Crippen LogP) is 2.72. The number of carbonyl (C=O) groups is 3. The number of nitrogens with one attached hydrogen (secondary N) is 1. The number of nitro groups is 1. The summed E-state index contributed by atoms with van der Waals surface area (Å²) in [5.74, 6) is -2.91. The lowest BCUT2D eigenvalue weighted by Gasteiger charge is -2.19. The van der Waals surface area contributed by atoms with Gasteiger partial charge in [-0.1, -0.05) is 30.7 Å². The average Bonchev–Trinajstić information content (AvgIpc) is 2.83. The lowest BCUT2D eigenvalue weighted by atomic mass is 9.88. The minimum Gasteiger partial charge on any atom is -0.453 e. The zero-order valence-corrected chi connectivity index (χ0v) is 15.8. The van der Waals surface area contributed by atoms with E-state index in [0.29, 0.717) is 10.7 Å². The first-order valence-corrected chi connectivity index (χ1v) is 8.96. The van der Waals surface area contributed by atoms with Gasteiger partial charge in [0.15, 0.2) is 6.10 Å². The van der Waals surface area contributed by atoms with Gasteiger partial charge >= 0.3 is 5.97 Å². The van der Waals surface area contributed by atoms with Crippen molar-refractivity contribution in [1.82, 2.24) is 0 Å². The monoisotopic (exact) mass is 396 g/mol. The van der Waals surface area contributed by atoms with Crippen molar-refractivity contribution in [2.75, 3.05) is 11.9 Å². The molecular weight excluding hydrogens is 376 g/mol. The number of anilines is 1. The number of rotatable bonds is 7. The van der Waals surface area contributed by atoms with Crippen molar-refractivity contribution in [2.24, 2.45) is 17.8 Å². The van der Waals surface area contributed by atoms with Crippen molar-refractivity contribution in [3.63, 3.8) is 0 Å². The molecule has 0 aromatic heterocycles. The molecule has 0 aliphatic heterocycles. The van der Waals surface area contributed by atoms with E-state index >= 15 is 0 Å². The van der Waals surface area contributed by atoms with Crippen molar-refractivity contribution in [3.8, 4) is 0 Å². The van der Waals surface area contributed by atoms with E-state index < -0.39 is 34.7 Å². The average molecular weight is 397 g/mol. The van der Waals surface area contributed by atoms with Gasteiger partial charge in [0.25, 0.3) is 5.91 Å². The molecule has 0 heterocycles. The normalized spacial score (nSPS) is 22.9. The second kappa shape index (κ2) is 8.94. The van der Waals surface area contributed by atoms with Gasteiger partial charge in [0.05, 0.1) is 17.1 Å². The molecule has 2 rings (SSSR count). The molecule has 9 heteroatoms. The molecular formula is C18H21ClN2O6. The van der Waals surface area contributed by atoms with Gasteiger partial charge in [-0.15, -0.1) is 0 Å². The number of carbonyl (C=O) groups excluding carboxylic acids is 3. The van der Waals surface area contributed by atoms with E-state index in [-0.39, 0.29) is 31.1 Å². The quantitative estimate of drug-likeness (QED) is 0.430. The summed E-state index contributed by atoms with van der Waals surface area (Å²) in [6.45, 7) is 2.79. The van der Waals surface area contributed by atoms with Crippen LogP contribution in [0.3, 0.4) is 0 Å². The van der Waals surface area contributed by atoms with Crippen LogP contribution in [0.5, 0.6) is 0 Å². The number of para-hydroxylation sites is 1. The Kier molecular flexibility index (Phi) is 6.90. The number of hydrogen-bond acceptors (Lipinski definition) is 6. The molecule has 0 saturated heterocycles. The van der Waals surface area contributed by atoms with Crippen LogP contribution < -0.4 is 5.32 Å². The van der Waals surface area contributed by atoms with Crippen molar-refractivity contribution in [1.29, 1.82) is 0 Å². The van der Waals surface area contributed by atoms with E-state index in [2.05, 4.69) is 5.32 Å². The molecule has 146 valence electrons. The smallest absolute Gasteiger partial charge is 0.307 e. The summed E-state index contributed by atoms with van der Waals surface area (Å²) in [6.07, 6.45) is -1.17. The number of hydrogen-bond donors (Lipinski definition) is 1. The first-order chi connectivity index (χ1) is 12.7. The third-order valence-corrected chi connectivity index (χ3v) is 5.07. The number of amides is 1. The standard InChI is InChI=1S/C18H21ClN2O6/c1-10-7-16(22)12(13(10)9-21(25)26)8-17(23)27-11(2)18(24)20-15-6-4-3-5-14(15)19/h3-6,10-13H,7-9H2,1-2H3,(H,20,24)/t10-,11+,12-,13-/m1/s1. The largest absolute Gasteiger partial charge is 0.453 e. The van der Waals surface area contributed by atoms with Crippen molar-refractivity contribution >= 4 is 34.9 Å². The van der Waals surface area contributed by atoms with Gasteiger partial charge in [0, 0.05) is 23.2 Å². The van der Waals surface area contributed by atoms with Crippen molar-refractivity contribution < 1.29 is 24.0 Å². The summed E-state index contributed by atoms with van der Waals surface area (Å²) in [7, 11) is 0. The molecule has 1 fully saturated rings. The highest BCUT2D eigenvalue weighted by atomic mass is 35.5. The molecule has 1 aliphatic rings. The van der Waals surface area contributed by atoms with Crippen molar-refractivity contribution in [2.45, 2.75) is 32.8 Å². The molecule has 1 aliphatic carbocycles. The highest BCUT2D eigenvalue weighted by molar-refractivity contribution is 6.33. The Morgan fingerprint density at radius 1 is 1.41 bits per heavy atom. The van der Waals surface area contributed by atoms with E-state index in [0.717, 1.165) is 0 Å². The lowest BCUT2D eigenvalue weighted by molar-refractivity contribution is -0.490. The number of nitrogens with zero attached hydrogens (tertiary/aromatic N) is 1. The zero-order valence-electron chi connectivity index (χ0n) is 15.0. The van der Waals surface area contributed by atoms with Crippen molar-refractivity contribution in [3.05, 3.63) is 39.4 Å². The molecule has 27 heavy (non-hydrogen) atoms. The van der Waals surface area contributed by atoms with E-state index in [4.69, 9.17) is 16.3 Å². The molecule has 1 N–H and O–H groups in total. The van der Waals surface area contributed by atoms with Gasteiger partial charge in [-0.25, -0.2) is 0 Å². The summed E-state index contributed by atoms with van der Waals surface area (Å²) in [5.41, 5.74) is 0.387. The van der Waals surface area contributed by atoms with Crippen LogP contribution in [-0.2, 0) is 19.1 Å². The fraction of sp³-hybridized carbons (Fsp3) is 0.500. The summed E-state index contributed by atoms with van der Waals surface area (Å²) in [5, 5.41) is 13.7. The number of Topliss-reactive ketones (excluding diaryl/α,β-unsaturated/α-hetero) is 1. The molecule has 0 bridgehead atoms. The minimum absolute atomic E-state index is 0.165. The van der Waals surface area contributed by atoms with Gasteiger partial charge in [-0.3, -0.25) is 24.5 Å². The van der Waals surface area contributed by atoms with E-state index in [9.17, 15) is 24.5 Å². The summed E-state index contributed by atoms with van der Waals surface area (Å²) in [4.78, 5) is 46.8. The minimum atomic E-state index is -1.10. The second-order valence-corrected chi connectivity index (χ2v) is 7.15. The van der Waals surface area contributed by atoms with Gasteiger partial charge in [0.1, 0.15) is 5.78 Å². The Hall–Kier alpha value is -2.48. The van der Waals surface area contributed by atoms with Gasteiger partial charge in [-0.2, -0.15) is 0 Å². The maximum atomic E-state index is 12.2. The van der Waals surface area contributed by atoms with Crippen LogP contribution in [-0.4, -0.2) is 35.2 Å². The van der Waals surface area contributed by atoms with Crippen LogP contribution in [0.15, 0.2) is 24.3 Å². The summed E-state index contributed by atoms with van der Waals surface area (Å²) >= 11 is 5.96. The highest BCUT2D eigenvalue weighted by Crippen LogP contribution is 2.36. The third-order valence-electron chi connectivity index (χ3n) is 4.74. The Bertz CT molecular complexity index is 753. The van der Waals surface area contributed by atoms with Crippen LogP contribution in [0.2, 0.25) is 5.02 Å². The molecule has 1 amide bonds. The molecule has 4 atom stereocenters. The van der Waals surface area contributed by atoms with Crippen LogP contribution in [0.25, 0.3) is 0 Å². The molecule has 1 aromatic carbocycles. The van der Waals surface area contributed by atoms with Crippen LogP contribution >= 0.6 is 11.6 Å². The SMILES string of the molecule is C[C@H](OC(=O)C[C@H]1C(=O)C[C@@H](C)[C@H]1C[N+](=O)[O-])C(=O)Nc1ccccc1Cl. The van der Waals surface area contributed by atoms with Crippen LogP contribution in [0, 0.1) is 27.9 Å². The number of benzene rings is 1. The fourth-order valence-corrected chi connectivity index (χ4v) is 3.46. The van der Waals surface area contributed by atoms with E-state index in [1.807, 2.05) is 0 Å². The van der Waals surface area contributed by atoms with Crippen LogP contribution in [0.4, 0.5) is 5.69 Å². The number of esters is 1. The highest BCUT2D eigenvalue weighted by Gasteiger charge is 2.44. The summed E-state index contributed by atoms with van der Waals surface area (Å²) < 4.78 is 5.11.